The third-order valence-corrected chi connectivity index (χ3v) is 5.03. The van der Waals surface area contributed by atoms with Crippen molar-refractivity contribution in [2.45, 2.75) is 13.5 Å². The minimum absolute atomic E-state index is 0.0710. The first-order valence-corrected chi connectivity index (χ1v) is 9.44. The number of para-hydroxylation sites is 1. The normalized spacial score (nSPS) is 11.5. The Morgan fingerprint density at radius 3 is 2.61 bits per heavy atom. The lowest BCUT2D eigenvalue weighted by molar-refractivity contribution is -0.143. The summed E-state index contributed by atoms with van der Waals surface area (Å²) in [4.78, 5) is 29.5. The minimum atomic E-state index is -0.429. The standard InChI is InChI=1S/C20H20N2O5S/c1-4-27-17(23)12-22-18-15(26-3)9-6-10-16(18)28-20(22)21-19(24)13-7-5-8-14(11-13)25-2/h5-11H,4,12H2,1-3H3. The van der Waals surface area contributed by atoms with Gasteiger partial charge in [-0.2, -0.15) is 4.99 Å². The third kappa shape index (κ3) is 4.07. The van der Waals surface area contributed by atoms with E-state index in [-0.39, 0.29) is 13.2 Å². The van der Waals surface area contributed by atoms with Crippen LogP contribution in [0.5, 0.6) is 11.5 Å². The summed E-state index contributed by atoms with van der Waals surface area (Å²) < 4.78 is 18.2. The van der Waals surface area contributed by atoms with Crippen LogP contribution in [-0.2, 0) is 16.1 Å². The summed E-state index contributed by atoms with van der Waals surface area (Å²) in [7, 11) is 3.09. The molecule has 2 aromatic carbocycles. The van der Waals surface area contributed by atoms with Gasteiger partial charge in [0.2, 0.25) is 0 Å². The monoisotopic (exact) mass is 400 g/mol. The summed E-state index contributed by atoms with van der Waals surface area (Å²) in [6.45, 7) is 1.94. The summed E-state index contributed by atoms with van der Waals surface area (Å²) in [5.41, 5.74) is 1.09. The second kappa shape index (κ2) is 8.71. The number of esters is 1. The topological polar surface area (TPSA) is 79.1 Å². The number of carbonyl (C=O) groups is 2. The number of nitrogens with zero attached hydrogens (tertiary/aromatic N) is 2. The maximum absolute atomic E-state index is 12.7. The Balaban J connectivity index is 2.14. The molecule has 0 bridgehead atoms. The fourth-order valence-electron chi connectivity index (χ4n) is 2.74. The molecule has 0 atom stereocenters. The molecule has 3 rings (SSSR count). The minimum Gasteiger partial charge on any atom is -0.497 e. The molecule has 0 N–H and O–H groups in total. The number of aromatic nitrogens is 1. The number of methoxy groups -OCH3 is 2. The number of fused-ring (bicyclic) bond motifs is 1. The fraction of sp³-hybridized carbons (Fsp3) is 0.250. The third-order valence-electron chi connectivity index (χ3n) is 3.99. The van der Waals surface area contributed by atoms with E-state index in [4.69, 9.17) is 14.2 Å². The Bertz CT molecular complexity index is 1080. The zero-order valence-electron chi connectivity index (χ0n) is 15.8. The van der Waals surface area contributed by atoms with E-state index in [1.54, 1.807) is 48.9 Å². The van der Waals surface area contributed by atoms with Crippen LogP contribution in [0.1, 0.15) is 17.3 Å². The molecule has 1 aromatic heterocycles. The number of benzene rings is 2. The number of hydrogen-bond acceptors (Lipinski definition) is 6. The van der Waals surface area contributed by atoms with Gasteiger partial charge in [0.15, 0.2) is 4.80 Å². The maximum atomic E-state index is 12.7. The number of ether oxygens (including phenoxy) is 3. The Morgan fingerprint density at radius 1 is 1.11 bits per heavy atom. The Kier molecular flexibility index (Phi) is 6.10. The van der Waals surface area contributed by atoms with Crippen molar-refractivity contribution in [1.82, 2.24) is 4.57 Å². The Morgan fingerprint density at radius 2 is 1.89 bits per heavy atom. The summed E-state index contributed by atoms with van der Waals surface area (Å²) >= 11 is 1.30. The summed E-state index contributed by atoms with van der Waals surface area (Å²) in [5, 5.41) is 0. The van der Waals surface area contributed by atoms with E-state index < -0.39 is 11.9 Å². The van der Waals surface area contributed by atoms with Gasteiger partial charge in [0.25, 0.3) is 5.91 Å². The van der Waals surface area contributed by atoms with Crippen LogP contribution in [0.25, 0.3) is 10.2 Å². The molecule has 7 nitrogen and oxygen atoms in total. The SMILES string of the molecule is CCOC(=O)Cn1c(=NC(=O)c2cccc(OC)c2)sc2cccc(OC)c21. The average molecular weight is 400 g/mol. The Labute approximate surface area is 165 Å². The predicted octanol–water partition coefficient (Wildman–Crippen LogP) is 3.02. The van der Waals surface area contributed by atoms with Gasteiger partial charge in [-0.3, -0.25) is 9.59 Å². The van der Waals surface area contributed by atoms with E-state index in [0.29, 0.717) is 27.4 Å². The second-order valence-corrected chi connectivity index (χ2v) is 6.74. The van der Waals surface area contributed by atoms with E-state index in [9.17, 15) is 9.59 Å². The van der Waals surface area contributed by atoms with Crippen molar-refractivity contribution in [2.24, 2.45) is 4.99 Å². The van der Waals surface area contributed by atoms with Crippen molar-refractivity contribution in [3.63, 3.8) is 0 Å². The van der Waals surface area contributed by atoms with Crippen molar-refractivity contribution in [3.05, 3.63) is 52.8 Å². The predicted molar refractivity (Wildman–Crippen MR) is 106 cm³/mol. The average Bonchev–Trinajstić information content (AvgIpc) is 3.05. The van der Waals surface area contributed by atoms with E-state index in [1.807, 2.05) is 12.1 Å². The molecule has 0 spiro atoms. The van der Waals surface area contributed by atoms with Crippen molar-refractivity contribution >= 4 is 33.4 Å². The van der Waals surface area contributed by atoms with Gasteiger partial charge in [-0.1, -0.05) is 23.5 Å². The molecule has 0 radical (unpaired) electrons. The smallest absolute Gasteiger partial charge is 0.326 e. The van der Waals surface area contributed by atoms with E-state index in [0.717, 1.165) is 4.70 Å². The molecule has 3 aromatic rings. The van der Waals surface area contributed by atoms with Crippen LogP contribution < -0.4 is 14.3 Å². The van der Waals surface area contributed by atoms with Gasteiger partial charge >= 0.3 is 5.97 Å². The number of rotatable bonds is 6. The van der Waals surface area contributed by atoms with Gasteiger partial charge < -0.3 is 18.8 Å². The zero-order chi connectivity index (χ0) is 20.1. The van der Waals surface area contributed by atoms with E-state index >= 15 is 0 Å². The van der Waals surface area contributed by atoms with Gasteiger partial charge in [-0.05, 0) is 37.3 Å². The first kappa shape index (κ1) is 19.6. The van der Waals surface area contributed by atoms with Crippen LogP contribution in [0.3, 0.4) is 0 Å². The van der Waals surface area contributed by atoms with Crippen molar-refractivity contribution in [2.75, 3.05) is 20.8 Å². The second-order valence-electron chi connectivity index (χ2n) is 5.73. The van der Waals surface area contributed by atoms with Crippen LogP contribution in [-0.4, -0.2) is 37.3 Å². The highest BCUT2D eigenvalue weighted by Gasteiger charge is 2.16. The van der Waals surface area contributed by atoms with Crippen molar-refractivity contribution in [1.29, 1.82) is 0 Å². The number of carbonyl (C=O) groups excluding carboxylic acids is 2. The van der Waals surface area contributed by atoms with Crippen LogP contribution >= 0.6 is 11.3 Å². The van der Waals surface area contributed by atoms with Crippen molar-refractivity contribution in [3.8, 4) is 11.5 Å². The molecule has 0 saturated carbocycles. The van der Waals surface area contributed by atoms with Gasteiger partial charge in [-0.25, -0.2) is 0 Å². The Hall–Kier alpha value is -3.13. The number of thiazole rings is 1. The molecule has 1 heterocycles. The van der Waals surface area contributed by atoms with Gasteiger partial charge in [0.05, 0.1) is 25.5 Å². The molecular weight excluding hydrogens is 380 g/mol. The summed E-state index contributed by atoms with van der Waals surface area (Å²) in [6.07, 6.45) is 0. The molecule has 0 unspecified atom stereocenters. The molecule has 0 fully saturated rings. The maximum Gasteiger partial charge on any atom is 0.326 e. The van der Waals surface area contributed by atoms with Crippen LogP contribution in [0.2, 0.25) is 0 Å². The van der Waals surface area contributed by atoms with Gasteiger partial charge in [0, 0.05) is 5.56 Å². The molecular formula is C20H20N2O5S. The largest absolute Gasteiger partial charge is 0.497 e. The van der Waals surface area contributed by atoms with Crippen LogP contribution in [0.4, 0.5) is 0 Å². The highest BCUT2D eigenvalue weighted by atomic mass is 32.1. The first-order valence-electron chi connectivity index (χ1n) is 8.62. The van der Waals surface area contributed by atoms with Crippen LogP contribution in [0.15, 0.2) is 47.5 Å². The molecule has 1 amide bonds. The van der Waals surface area contributed by atoms with E-state index in [2.05, 4.69) is 4.99 Å². The summed E-state index contributed by atoms with van der Waals surface area (Å²) in [5.74, 6) is 0.317. The number of hydrogen-bond donors (Lipinski definition) is 0. The molecule has 0 aliphatic heterocycles. The molecule has 0 saturated heterocycles. The zero-order valence-corrected chi connectivity index (χ0v) is 16.6. The van der Waals surface area contributed by atoms with Crippen molar-refractivity contribution < 1.29 is 23.8 Å². The molecule has 146 valence electrons. The lowest BCUT2D eigenvalue weighted by atomic mass is 10.2. The quantitative estimate of drug-likeness (QED) is 0.594. The van der Waals surface area contributed by atoms with Gasteiger partial charge in [0.1, 0.15) is 23.6 Å². The first-order chi connectivity index (χ1) is 13.6. The molecule has 8 heteroatoms. The summed E-state index contributed by atoms with van der Waals surface area (Å²) in [6, 6.07) is 12.3. The number of amides is 1. The lowest BCUT2D eigenvalue weighted by Gasteiger charge is -2.08. The molecule has 28 heavy (non-hydrogen) atoms. The highest BCUT2D eigenvalue weighted by molar-refractivity contribution is 7.16. The van der Waals surface area contributed by atoms with E-state index in [1.165, 1.54) is 18.4 Å². The van der Waals surface area contributed by atoms with Gasteiger partial charge in [-0.15, -0.1) is 0 Å². The highest BCUT2D eigenvalue weighted by Crippen LogP contribution is 2.27. The molecule has 0 aliphatic rings. The molecule has 0 aliphatic carbocycles. The fourth-order valence-corrected chi connectivity index (χ4v) is 3.78. The lowest BCUT2D eigenvalue weighted by Crippen LogP contribution is -2.23. The van der Waals surface area contributed by atoms with Crippen LogP contribution in [0, 0.1) is 0 Å².